The molecule has 86 valence electrons. The van der Waals surface area contributed by atoms with Crippen molar-refractivity contribution in [1.29, 1.82) is 0 Å². The van der Waals surface area contributed by atoms with Crippen LogP contribution in [-0.4, -0.2) is 16.6 Å². The highest BCUT2D eigenvalue weighted by Crippen LogP contribution is 2.35. The van der Waals surface area contributed by atoms with Crippen LogP contribution in [0, 0.1) is 5.82 Å². The standard InChI is InChI=1S/C11H11ClFNO2/c12-8-2-1-7(9(13)5-8)6-14-11(3-4-11)10(15)16/h1-2,5,14H,3-4,6H2,(H,15,16). The molecule has 1 aliphatic rings. The molecule has 0 atom stereocenters. The van der Waals surface area contributed by atoms with E-state index in [2.05, 4.69) is 5.32 Å². The van der Waals surface area contributed by atoms with Gasteiger partial charge in [0.05, 0.1) is 0 Å². The monoisotopic (exact) mass is 243 g/mol. The molecule has 0 radical (unpaired) electrons. The summed E-state index contributed by atoms with van der Waals surface area (Å²) in [5.74, 6) is -1.29. The van der Waals surface area contributed by atoms with Crippen molar-refractivity contribution >= 4 is 17.6 Å². The van der Waals surface area contributed by atoms with E-state index >= 15 is 0 Å². The maximum atomic E-state index is 13.4. The van der Waals surface area contributed by atoms with Crippen LogP contribution in [-0.2, 0) is 11.3 Å². The number of nitrogens with one attached hydrogen (secondary N) is 1. The lowest BCUT2D eigenvalue weighted by molar-refractivity contribution is -0.140. The Hall–Kier alpha value is -1.13. The fourth-order valence-corrected chi connectivity index (χ4v) is 1.68. The number of aliphatic carboxylic acids is 1. The van der Waals surface area contributed by atoms with Crippen LogP contribution in [0.5, 0.6) is 0 Å². The van der Waals surface area contributed by atoms with Crippen molar-refractivity contribution in [1.82, 2.24) is 5.32 Å². The first-order chi connectivity index (χ1) is 7.53. The molecule has 0 amide bonds. The minimum Gasteiger partial charge on any atom is -0.480 e. The predicted molar refractivity (Wildman–Crippen MR) is 57.9 cm³/mol. The summed E-state index contributed by atoms with van der Waals surface area (Å²) in [6.07, 6.45) is 1.19. The molecule has 0 aliphatic heterocycles. The van der Waals surface area contributed by atoms with Gasteiger partial charge in [-0.15, -0.1) is 0 Å². The molecule has 0 aromatic heterocycles. The summed E-state index contributed by atoms with van der Waals surface area (Å²) in [6.45, 7) is 0.204. The molecular weight excluding hydrogens is 233 g/mol. The first kappa shape index (κ1) is 11.4. The fraction of sp³-hybridized carbons (Fsp3) is 0.364. The SMILES string of the molecule is O=C(O)C1(NCc2ccc(Cl)cc2F)CC1. The number of hydrogen-bond acceptors (Lipinski definition) is 2. The molecule has 2 rings (SSSR count). The van der Waals surface area contributed by atoms with Gasteiger partial charge in [0.25, 0.3) is 0 Å². The van der Waals surface area contributed by atoms with Gasteiger partial charge in [0.1, 0.15) is 11.4 Å². The number of carboxylic acid groups (broad SMARTS) is 1. The van der Waals surface area contributed by atoms with Crippen LogP contribution in [0.25, 0.3) is 0 Å². The lowest BCUT2D eigenvalue weighted by Gasteiger charge is -2.12. The Bertz CT molecular complexity index is 432. The van der Waals surface area contributed by atoms with Gasteiger partial charge in [-0.1, -0.05) is 17.7 Å². The van der Waals surface area contributed by atoms with E-state index in [0.717, 1.165) is 0 Å². The van der Waals surface area contributed by atoms with Gasteiger partial charge >= 0.3 is 5.97 Å². The molecule has 0 heterocycles. The molecule has 0 bridgehead atoms. The summed E-state index contributed by atoms with van der Waals surface area (Å²) >= 11 is 5.62. The minimum absolute atomic E-state index is 0.204. The summed E-state index contributed by atoms with van der Waals surface area (Å²) in [6, 6.07) is 4.36. The van der Waals surface area contributed by atoms with Gasteiger partial charge in [-0.3, -0.25) is 10.1 Å². The Morgan fingerprint density at radius 2 is 2.25 bits per heavy atom. The first-order valence-corrected chi connectivity index (χ1v) is 5.34. The normalized spacial score (nSPS) is 17.1. The lowest BCUT2D eigenvalue weighted by atomic mass is 10.2. The van der Waals surface area contributed by atoms with Crippen LogP contribution >= 0.6 is 11.6 Å². The van der Waals surface area contributed by atoms with E-state index in [1.165, 1.54) is 6.07 Å². The Kier molecular flexibility index (Phi) is 2.86. The quantitative estimate of drug-likeness (QED) is 0.852. The van der Waals surface area contributed by atoms with Gasteiger partial charge in [-0.25, -0.2) is 4.39 Å². The van der Waals surface area contributed by atoms with Gasteiger partial charge in [-0.05, 0) is 25.0 Å². The molecule has 1 saturated carbocycles. The summed E-state index contributed by atoms with van der Waals surface area (Å²) in [4.78, 5) is 10.9. The highest BCUT2D eigenvalue weighted by molar-refractivity contribution is 6.30. The molecule has 0 unspecified atom stereocenters. The third-order valence-electron chi connectivity index (χ3n) is 2.79. The molecule has 1 aliphatic carbocycles. The maximum absolute atomic E-state index is 13.4. The van der Waals surface area contributed by atoms with E-state index in [-0.39, 0.29) is 6.54 Å². The van der Waals surface area contributed by atoms with Crippen molar-refractivity contribution in [3.05, 3.63) is 34.6 Å². The highest BCUT2D eigenvalue weighted by atomic mass is 35.5. The summed E-state index contributed by atoms with van der Waals surface area (Å²) < 4.78 is 13.4. The van der Waals surface area contributed by atoms with Crippen molar-refractivity contribution in [3.8, 4) is 0 Å². The summed E-state index contributed by atoms with van der Waals surface area (Å²) in [5, 5.41) is 12.1. The molecule has 5 heteroatoms. The average Bonchev–Trinajstić information content (AvgIpc) is 2.97. The summed E-state index contributed by atoms with van der Waals surface area (Å²) in [7, 11) is 0. The van der Waals surface area contributed by atoms with E-state index in [4.69, 9.17) is 16.7 Å². The maximum Gasteiger partial charge on any atom is 0.323 e. The third kappa shape index (κ3) is 2.18. The number of halogens is 2. The Morgan fingerprint density at radius 1 is 1.56 bits per heavy atom. The lowest BCUT2D eigenvalue weighted by Crippen LogP contribution is -2.38. The van der Waals surface area contributed by atoms with Crippen LogP contribution in [0.15, 0.2) is 18.2 Å². The number of hydrogen-bond donors (Lipinski definition) is 2. The van der Waals surface area contributed by atoms with E-state index < -0.39 is 17.3 Å². The smallest absolute Gasteiger partial charge is 0.323 e. The molecule has 1 aromatic rings. The van der Waals surface area contributed by atoms with Crippen LogP contribution < -0.4 is 5.32 Å². The van der Waals surface area contributed by atoms with Crippen molar-refractivity contribution in [2.24, 2.45) is 0 Å². The van der Waals surface area contributed by atoms with Crippen LogP contribution in [0.1, 0.15) is 18.4 Å². The highest BCUT2D eigenvalue weighted by Gasteiger charge is 2.49. The number of carbonyl (C=O) groups is 1. The average molecular weight is 244 g/mol. The number of carboxylic acids is 1. The molecule has 0 saturated heterocycles. The van der Waals surface area contributed by atoms with Crippen molar-refractivity contribution < 1.29 is 14.3 Å². The van der Waals surface area contributed by atoms with Crippen LogP contribution in [0.4, 0.5) is 4.39 Å². The summed E-state index contributed by atoms with van der Waals surface area (Å²) in [5.41, 5.74) is -0.413. The van der Waals surface area contributed by atoms with Gasteiger partial charge in [0, 0.05) is 17.1 Å². The van der Waals surface area contributed by atoms with Gasteiger partial charge < -0.3 is 5.11 Å². The van der Waals surface area contributed by atoms with E-state index in [1.807, 2.05) is 0 Å². The van der Waals surface area contributed by atoms with Crippen LogP contribution in [0.2, 0.25) is 5.02 Å². The Morgan fingerprint density at radius 3 is 2.75 bits per heavy atom. The zero-order valence-corrected chi connectivity index (χ0v) is 9.22. The van der Waals surface area contributed by atoms with Crippen molar-refractivity contribution in [2.75, 3.05) is 0 Å². The molecule has 0 spiro atoms. The predicted octanol–water partition coefficient (Wildman–Crippen LogP) is 2.19. The first-order valence-electron chi connectivity index (χ1n) is 4.96. The van der Waals surface area contributed by atoms with E-state index in [9.17, 15) is 9.18 Å². The molecule has 2 N–H and O–H groups in total. The second-order valence-corrected chi connectivity index (χ2v) is 4.41. The zero-order valence-electron chi connectivity index (χ0n) is 8.46. The second-order valence-electron chi connectivity index (χ2n) is 3.98. The largest absolute Gasteiger partial charge is 0.480 e. The molecule has 1 aromatic carbocycles. The number of benzene rings is 1. The van der Waals surface area contributed by atoms with Gasteiger partial charge in [-0.2, -0.15) is 0 Å². The zero-order chi connectivity index (χ0) is 11.8. The molecule has 3 nitrogen and oxygen atoms in total. The molecular formula is C11H11ClFNO2. The Balaban J connectivity index is 2.03. The second kappa shape index (κ2) is 4.03. The van der Waals surface area contributed by atoms with E-state index in [1.54, 1.807) is 12.1 Å². The molecule has 16 heavy (non-hydrogen) atoms. The van der Waals surface area contributed by atoms with Crippen LogP contribution in [0.3, 0.4) is 0 Å². The van der Waals surface area contributed by atoms with Gasteiger partial charge in [0.2, 0.25) is 0 Å². The minimum atomic E-state index is -0.873. The third-order valence-corrected chi connectivity index (χ3v) is 3.03. The topological polar surface area (TPSA) is 49.3 Å². The fourth-order valence-electron chi connectivity index (χ4n) is 1.52. The van der Waals surface area contributed by atoms with Crippen molar-refractivity contribution in [3.63, 3.8) is 0 Å². The van der Waals surface area contributed by atoms with E-state index in [0.29, 0.717) is 23.4 Å². The van der Waals surface area contributed by atoms with Crippen molar-refractivity contribution in [2.45, 2.75) is 24.9 Å². The molecule has 1 fully saturated rings. The van der Waals surface area contributed by atoms with Gasteiger partial charge in [0.15, 0.2) is 0 Å². The number of rotatable bonds is 4. The Labute approximate surface area is 97.2 Å².